The largest absolute Gasteiger partial charge is 0.465 e. The normalized spacial score (nSPS) is 10.2. The molecule has 0 radical (unpaired) electrons. The van der Waals surface area contributed by atoms with E-state index < -0.39 is 5.97 Å². The molecule has 5 nitrogen and oxygen atoms in total. The van der Waals surface area contributed by atoms with Gasteiger partial charge in [-0.15, -0.1) is 0 Å². The topological polar surface area (TPSA) is 58.6 Å². The van der Waals surface area contributed by atoms with Crippen molar-refractivity contribution in [2.24, 2.45) is 0 Å². The summed E-state index contributed by atoms with van der Waals surface area (Å²) < 4.78 is 17.7. The van der Waals surface area contributed by atoms with Crippen molar-refractivity contribution in [1.29, 1.82) is 0 Å². The number of benzene rings is 1. The Kier molecular flexibility index (Phi) is 6.66. The molecule has 0 fully saturated rings. The zero-order valence-electron chi connectivity index (χ0n) is 11.7. The number of hydrogen-bond donors (Lipinski definition) is 1. The van der Waals surface area contributed by atoms with E-state index in [0.717, 1.165) is 5.56 Å². The molecule has 0 spiro atoms. The average molecular weight is 282 g/mol. The molecule has 0 heterocycles. The van der Waals surface area contributed by atoms with Gasteiger partial charge >= 0.3 is 5.97 Å². The predicted octanol–water partition coefficient (Wildman–Crippen LogP) is 0.937. The van der Waals surface area contributed by atoms with E-state index in [9.17, 15) is 14.0 Å². The lowest BCUT2D eigenvalue weighted by Gasteiger charge is -2.21. The monoisotopic (exact) mass is 282 g/mol. The van der Waals surface area contributed by atoms with Crippen LogP contribution in [0.25, 0.3) is 0 Å². The first-order chi connectivity index (χ1) is 9.56. The van der Waals surface area contributed by atoms with Gasteiger partial charge in [0.2, 0.25) is 5.91 Å². The Morgan fingerprint density at radius 3 is 2.50 bits per heavy atom. The van der Waals surface area contributed by atoms with Gasteiger partial charge in [-0.3, -0.25) is 9.59 Å². The third-order valence-corrected chi connectivity index (χ3v) is 2.59. The third kappa shape index (κ3) is 5.36. The first kappa shape index (κ1) is 16.1. The highest BCUT2D eigenvalue weighted by Gasteiger charge is 2.17. The molecule has 1 amide bonds. The Labute approximate surface area is 117 Å². The Morgan fingerprint density at radius 2 is 1.95 bits per heavy atom. The van der Waals surface area contributed by atoms with Crippen molar-refractivity contribution in [3.8, 4) is 0 Å². The number of nitrogens with zero attached hydrogens (tertiary/aromatic N) is 1. The molecule has 6 heteroatoms. The Bertz CT molecular complexity index is 448. The van der Waals surface area contributed by atoms with E-state index in [2.05, 4.69) is 5.32 Å². The van der Waals surface area contributed by atoms with Crippen LogP contribution < -0.4 is 5.32 Å². The number of ether oxygens (including phenoxy) is 1. The van der Waals surface area contributed by atoms with Gasteiger partial charge in [-0.2, -0.15) is 0 Å². The number of nitrogens with one attached hydrogen (secondary N) is 1. The molecule has 20 heavy (non-hydrogen) atoms. The van der Waals surface area contributed by atoms with E-state index >= 15 is 0 Å². The molecule has 0 atom stereocenters. The fraction of sp³-hybridized carbons (Fsp3) is 0.429. The number of likely N-dealkylation sites (N-methyl/N-ethyl adjacent to an activating group) is 1. The minimum Gasteiger partial charge on any atom is -0.465 e. The van der Waals surface area contributed by atoms with Gasteiger partial charge < -0.3 is 15.0 Å². The Balaban J connectivity index is 2.73. The summed E-state index contributed by atoms with van der Waals surface area (Å²) in [5.41, 5.74) is 0.750. The molecular weight excluding hydrogens is 263 g/mol. The Hall–Kier alpha value is -1.95. The van der Waals surface area contributed by atoms with Gasteiger partial charge in [0.1, 0.15) is 12.4 Å². The van der Waals surface area contributed by atoms with Crippen LogP contribution >= 0.6 is 0 Å². The fourth-order valence-electron chi connectivity index (χ4n) is 1.67. The second-order valence-electron chi connectivity index (χ2n) is 4.21. The van der Waals surface area contributed by atoms with Crippen LogP contribution in [0.5, 0.6) is 0 Å². The van der Waals surface area contributed by atoms with E-state index in [1.165, 1.54) is 17.0 Å². The Morgan fingerprint density at radius 1 is 1.30 bits per heavy atom. The van der Waals surface area contributed by atoms with Crippen molar-refractivity contribution < 1.29 is 18.7 Å². The average Bonchev–Trinajstić information content (AvgIpc) is 2.41. The van der Waals surface area contributed by atoms with Crippen LogP contribution in [0.4, 0.5) is 4.39 Å². The van der Waals surface area contributed by atoms with E-state index in [-0.39, 0.29) is 38.0 Å². The summed E-state index contributed by atoms with van der Waals surface area (Å²) in [6.07, 6.45) is 0. The summed E-state index contributed by atoms with van der Waals surface area (Å²) in [5.74, 6) is -1.02. The summed E-state index contributed by atoms with van der Waals surface area (Å²) in [4.78, 5) is 24.8. The maximum atomic E-state index is 12.8. The molecule has 0 aromatic heterocycles. The molecule has 1 N–H and O–H groups in total. The number of rotatable bonds is 7. The number of amides is 1. The van der Waals surface area contributed by atoms with Crippen molar-refractivity contribution >= 4 is 11.9 Å². The summed E-state index contributed by atoms with van der Waals surface area (Å²) >= 11 is 0. The maximum absolute atomic E-state index is 12.8. The van der Waals surface area contributed by atoms with Crippen molar-refractivity contribution in [2.45, 2.75) is 13.5 Å². The molecule has 1 rings (SSSR count). The SMILES string of the molecule is CCOC(=O)CN(Cc1ccc(F)cc1)C(=O)CNC. The lowest BCUT2D eigenvalue weighted by atomic mass is 10.2. The smallest absolute Gasteiger partial charge is 0.325 e. The highest BCUT2D eigenvalue weighted by molar-refractivity contribution is 5.83. The minimum absolute atomic E-state index is 0.119. The van der Waals surface area contributed by atoms with Crippen LogP contribution in [0.3, 0.4) is 0 Å². The van der Waals surface area contributed by atoms with Crippen LogP contribution in [0.1, 0.15) is 12.5 Å². The number of esters is 1. The van der Waals surface area contributed by atoms with Gasteiger partial charge in [0.05, 0.1) is 13.2 Å². The van der Waals surface area contributed by atoms with E-state index in [1.54, 1.807) is 26.1 Å². The number of carbonyl (C=O) groups is 2. The number of hydrogen-bond acceptors (Lipinski definition) is 4. The lowest BCUT2D eigenvalue weighted by molar-refractivity contribution is -0.149. The molecule has 1 aromatic rings. The second kappa shape index (κ2) is 8.27. The summed E-state index contributed by atoms with van der Waals surface area (Å²) in [7, 11) is 1.65. The quantitative estimate of drug-likeness (QED) is 0.756. The number of halogens is 1. The van der Waals surface area contributed by atoms with Gasteiger partial charge in [-0.1, -0.05) is 12.1 Å². The second-order valence-corrected chi connectivity index (χ2v) is 4.21. The molecule has 0 aliphatic heterocycles. The molecule has 0 unspecified atom stereocenters. The first-order valence-corrected chi connectivity index (χ1v) is 6.39. The van der Waals surface area contributed by atoms with E-state index in [0.29, 0.717) is 0 Å². The zero-order chi connectivity index (χ0) is 15.0. The molecule has 0 aliphatic carbocycles. The highest BCUT2D eigenvalue weighted by Crippen LogP contribution is 2.07. The standard InChI is InChI=1S/C14H19FN2O3/c1-3-20-14(19)10-17(13(18)8-16-2)9-11-4-6-12(15)7-5-11/h4-7,16H,3,8-10H2,1-2H3. The van der Waals surface area contributed by atoms with Gasteiger partial charge in [-0.25, -0.2) is 4.39 Å². The van der Waals surface area contributed by atoms with Crippen LogP contribution in [-0.4, -0.2) is 43.5 Å². The summed E-state index contributed by atoms with van der Waals surface area (Å²) in [6.45, 7) is 2.22. The maximum Gasteiger partial charge on any atom is 0.325 e. The summed E-state index contributed by atoms with van der Waals surface area (Å²) in [5, 5.41) is 2.74. The van der Waals surface area contributed by atoms with Crippen LogP contribution in [0.2, 0.25) is 0 Å². The molecule has 0 saturated heterocycles. The minimum atomic E-state index is -0.459. The molecular formula is C14H19FN2O3. The first-order valence-electron chi connectivity index (χ1n) is 6.39. The predicted molar refractivity (Wildman–Crippen MR) is 72.4 cm³/mol. The van der Waals surface area contributed by atoms with Crippen molar-refractivity contribution in [3.63, 3.8) is 0 Å². The highest BCUT2D eigenvalue weighted by atomic mass is 19.1. The summed E-state index contributed by atoms with van der Waals surface area (Å²) in [6, 6.07) is 5.81. The zero-order valence-corrected chi connectivity index (χ0v) is 11.7. The molecule has 0 aliphatic rings. The van der Waals surface area contributed by atoms with Crippen LogP contribution in [0, 0.1) is 5.82 Å². The third-order valence-electron chi connectivity index (χ3n) is 2.59. The van der Waals surface area contributed by atoms with Crippen molar-refractivity contribution in [2.75, 3.05) is 26.7 Å². The van der Waals surface area contributed by atoms with Gasteiger partial charge in [0.25, 0.3) is 0 Å². The van der Waals surface area contributed by atoms with Crippen LogP contribution in [0.15, 0.2) is 24.3 Å². The van der Waals surface area contributed by atoms with Crippen molar-refractivity contribution in [1.82, 2.24) is 10.2 Å². The fourth-order valence-corrected chi connectivity index (χ4v) is 1.67. The molecule has 110 valence electrons. The number of carbonyl (C=O) groups excluding carboxylic acids is 2. The molecule has 0 saturated carbocycles. The van der Waals surface area contributed by atoms with Gasteiger partial charge in [0, 0.05) is 6.54 Å². The van der Waals surface area contributed by atoms with Crippen molar-refractivity contribution in [3.05, 3.63) is 35.6 Å². The van der Waals surface area contributed by atoms with E-state index in [1.807, 2.05) is 0 Å². The van der Waals surface area contributed by atoms with Crippen LogP contribution in [-0.2, 0) is 20.9 Å². The lowest BCUT2D eigenvalue weighted by Crippen LogP contribution is -2.40. The van der Waals surface area contributed by atoms with E-state index in [4.69, 9.17) is 4.74 Å². The van der Waals surface area contributed by atoms with Gasteiger partial charge in [-0.05, 0) is 31.7 Å². The van der Waals surface area contributed by atoms with Gasteiger partial charge in [0.15, 0.2) is 0 Å². The molecule has 1 aromatic carbocycles. The molecule has 0 bridgehead atoms.